The summed E-state index contributed by atoms with van der Waals surface area (Å²) in [4.78, 5) is 124. The summed E-state index contributed by atoms with van der Waals surface area (Å²) >= 11 is 0. The molecule has 2 aromatic rings. The molecule has 6 rings (SSSR count). The SMILES string of the molecule is CC#CCC(C)[C@H](O)/C=C/[C@@H]1[C@H]2C/C(=C/CCCC(=O)O)C[C@H]2C[C@H]1O.NC(=O)[C@@H]1CSSCCC(=O)N[C@@H](CCCCN=C(N)N)C(=O)NCC(=O)N[C@@H](CC(=O)O)C(=O)N[C@@H](Cc2c[nH]c3ccccc23)C(=O)N2CCC[C@H]2C(=O)N1. The maximum absolute atomic E-state index is 14.3. The van der Waals surface area contributed by atoms with Crippen molar-refractivity contribution >= 4 is 91.7 Å². The molecule has 4 fully saturated rings. The molecule has 2 aliphatic carbocycles. The third-order valence-electron chi connectivity index (χ3n) is 15.1. The summed E-state index contributed by atoms with van der Waals surface area (Å²) in [6.07, 6.45) is 12.9. The molecule has 2 saturated carbocycles. The van der Waals surface area contributed by atoms with Gasteiger partial charge in [-0.1, -0.05) is 70.5 Å². The fourth-order valence-corrected chi connectivity index (χ4v) is 12.9. The van der Waals surface area contributed by atoms with Gasteiger partial charge in [-0.3, -0.25) is 48.1 Å². The molecule has 83 heavy (non-hydrogen) atoms. The Morgan fingerprint density at radius 2 is 1.66 bits per heavy atom. The number of hydrogen-bond donors (Lipinski definition) is 13. The lowest BCUT2D eigenvalue weighted by atomic mass is 9.89. The average molecular weight is 1190 g/mol. The van der Waals surface area contributed by atoms with Gasteiger partial charge < -0.3 is 74.1 Å². The first-order valence-corrected chi connectivity index (χ1v) is 30.6. The molecule has 1 aromatic heterocycles. The van der Waals surface area contributed by atoms with Gasteiger partial charge in [-0.15, -0.1) is 11.8 Å². The fraction of sp³-hybridized carbons (Fsp3) is 0.579. The molecule has 16 N–H and O–H groups in total. The standard InChI is InChI=1S/C35H49N11O9S2.C22H32O4/c36-30(51)25-18-57-56-13-10-27(47)42-22(8-3-4-11-39-35(37)38)31(52)41-17-28(48)43-23(15-29(49)50)32(53)44-24(14-19-16-40-21-7-2-1-6-20(19)21)34(55)46-12-5-9-26(46)33(54)45-25;1-3-4-7-15(2)20(23)11-10-18-19-13-16(8-5-6-9-22(25)26)12-17(19)14-21(18)24/h1-2,6-7,16,22-26,40H,3-5,8-15,17-18H2,(H2,36,51)(H,41,52)(H,42,47)(H,43,48)(H,44,53)(H,45,54)(H,49,50)(H4,37,38,39);8,10-11,15,17-21,23-24H,5-7,9,12-14H2,1-2H3,(H,25,26)/b;11-10+,16-8+/t22-,23-,24-,25-,26-;15?,17-,18+,19-,20+,21+/m00/s1. The molecule has 24 nitrogen and oxygen atoms in total. The van der Waals surface area contributed by atoms with Crippen LogP contribution in [0.2, 0.25) is 0 Å². The lowest BCUT2D eigenvalue weighted by Crippen LogP contribution is -2.59. The predicted molar refractivity (Wildman–Crippen MR) is 315 cm³/mol. The number of H-pyrrole nitrogens is 1. The van der Waals surface area contributed by atoms with Crippen molar-refractivity contribution in [1.82, 2.24) is 36.5 Å². The number of nitrogens with two attached hydrogens (primary N) is 3. The minimum Gasteiger partial charge on any atom is -0.481 e. The van der Waals surface area contributed by atoms with Crippen molar-refractivity contribution in [3.63, 3.8) is 0 Å². The van der Waals surface area contributed by atoms with E-state index in [0.717, 1.165) is 36.6 Å². The Morgan fingerprint density at radius 1 is 0.904 bits per heavy atom. The number of rotatable bonds is 18. The molecule has 2 saturated heterocycles. The van der Waals surface area contributed by atoms with Crippen LogP contribution in [0.3, 0.4) is 0 Å². The number of para-hydroxylation sites is 1. The van der Waals surface area contributed by atoms with E-state index in [9.17, 15) is 58.5 Å². The van der Waals surface area contributed by atoms with Crippen molar-refractivity contribution in [3.8, 4) is 11.8 Å². The highest BCUT2D eigenvalue weighted by Crippen LogP contribution is 2.50. The van der Waals surface area contributed by atoms with Crippen molar-refractivity contribution in [1.29, 1.82) is 0 Å². The van der Waals surface area contributed by atoms with E-state index in [0.29, 0.717) is 49.5 Å². The number of aliphatic carboxylic acids is 2. The molecule has 4 aliphatic rings. The number of aromatic nitrogens is 1. The number of aromatic amines is 1. The zero-order chi connectivity index (χ0) is 60.6. The van der Waals surface area contributed by atoms with Gasteiger partial charge in [0.05, 0.1) is 25.2 Å². The highest BCUT2D eigenvalue weighted by atomic mass is 33.1. The molecule has 7 amide bonds. The van der Waals surface area contributed by atoms with Crippen LogP contribution < -0.4 is 43.8 Å². The number of hydrogen-bond acceptors (Lipinski definition) is 14. The number of carbonyl (C=O) groups excluding carboxylic acids is 7. The monoisotopic (exact) mass is 1190 g/mol. The Balaban J connectivity index is 0.000000403. The Labute approximate surface area is 491 Å². The number of primary amides is 1. The zero-order valence-corrected chi connectivity index (χ0v) is 48.7. The van der Waals surface area contributed by atoms with Gasteiger partial charge >= 0.3 is 11.9 Å². The van der Waals surface area contributed by atoms with Crippen LogP contribution in [-0.2, 0) is 49.6 Å². The number of unbranched alkanes of at least 4 members (excludes halogenated alkanes) is 2. The fourth-order valence-electron chi connectivity index (χ4n) is 10.7. The Hall–Kier alpha value is -7.08. The normalized spacial score (nSPS) is 26.1. The van der Waals surface area contributed by atoms with Crippen molar-refractivity contribution in [2.45, 2.75) is 153 Å². The number of aliphatic hydroxyl groups excluding tert-OH is 2. The van der Waals surface area contributed by atoms with E-state index < -0.39 is 103 Å². The van der Waals surface area contributed by atoms with Gasteiger partial charge in [-0.25, -0.2) is 0 Å². The van der Waals surface area contributed by atoms with Gasteiger partial charge in [0.2, 0.25) is 41.4 Å². The molecule has 1 unspecified atom stereocenters. The summed E-state index contributed by atoms with van der Waals surface area (Å²) in [7, 11) is 2.45. The largest absolute Gasteiger partial charge is 0.481 e. The maximum atomic E-state index is 14.3. The first-order valence-electron chi connectivity index (χ1n) is 28.1. The molecule has 3 heterocycles. The van der Waals surface area contributed by atoms with Crippen LogP contribution in [0, 0.1) is 35.5 Å². The van der Waals surface area contributed by atoms with Crippen LogP contribution in [0.4, 0.5) is 0 Å². The number of carbonyl (C=O) groups is 9. The minimum atomic E-state index is -1.68. The smallest absolute Gasteiger partial charge is 0.305 e. The maximum Gasteiger partial charge on any atom is 0.305 e. The molecule has 0 bridgehead atoms. The van der Waals surface area contributed by atoms with Crippen LogP contribution in [0.1, 0.15) is 109 Å². The van der Waals surface area contributed by atoms with Crippen molar-refractivity contribution in [2.75, 3.05) is 31.1 Å². The summed E-state index contributed by atoms with van der Waals surface area (Å²) in [5.41, 5.74) is 19.2. The number of carboxylic acids is 2. The number of amides is 7. The number of benzene rings is 1. The van der Waals surface area contributed by atoms with Crippen LogP contribution in [0.25, 0.3) is 10.9 Å². The van der Waals surface area contributed by atoms with Crippen LogP contribution in [0.15, 0.2) is 59.3 Å². The summed E-state index contributed by atoms with van der Waals surface area (Å²) in [6, 6.07) is 1.07. The first kappa shape index (κ1) is 66.7. The predicted octanol–water partition coefficient (Wildman–Crippen LogP) is 1.49. The summed E-state index contributed by atoms with van der Waals surface area (Å²) in [5, 5.41) is 52.5. The third kappa shape index (κ3) is 21.6. The van der Waals surface area contributed by atoms with E-state index in [1.54, 1.807) is 19.2 Å². The number of fused-ring (bicyclic) bond motifs is 3. The number of aliphatic hydroxyl groups is 2. The average Bonchev–Trinajstić information content (AvgIpc) is 4.34. The molecular formula is C57H81N11O13S2. The minimum absolute atomic E-state index is 0.0195. The van der Waals surface area contributed by atoms with Gasteiger partial charge in [0.15, 0.2) is 5.96 Å². The number of allylic oxidation sites excluding steroid dienone is 2. The van der Waals surface area contributed by atoms with E-state index in [1.165, 1.54) is 32.1 Å². The zero-order valence-electron chi connectivity index (χ0n) is 47.0. The van der Waals surface area contributed by atoms with E-state index in [-0.39, 0.29) is 80.6 Å². The van der Waals surface area contributed by atoms with Gasteiger partial charge in [0.25, 0.3) is 0 Å². The molecule has 2 aliphatic heterocycles. The number of carboxylic acid groups (broad SMARTS) is 2. The quantitative estimate of drug-likeness (QED) is 0.0251. The highest BCUT2D eigenvalue weighted by Gasteiger charge is 2.45. The van der Waals surface area contributed by atoms with Gasteiger partial charge in [0, 0.05) is 73.3 Å². The van der Waals surface area contributed by atoms with Crippen LogP contribution >= 0.6 is 21.6 Å². The number of guanidine groups is 1. The van der Waals surface area contributed by atoms with Crippen LogP contribution in [0.5, 0.6) is 0 Å². The number of nitrogens with zero attached hydrogens (tertiary/aromatic N) is 2. The topological polar surface area (TPSA) is 404 Å². The molecule has 0 radical (unpaired) electrons. The number of aliphatic imine (C=N–C) groups is 1. The lowest BCUT2D eigenvalue weighted by molar-refractivity contribution is -0.143. The molecule has 454 valence electrons. The van der Waals surface area contributed by atoms with Gasteiger partial charge in [-0.05, 0) is 101 Å². The molecule has 26 heteroatoms. The van der Waals surface area contributed by atoms with Crippen molar-refractivity contribution in [3.05, 3.63) is 59.8 Å². The third-order valence-corrected chi connectivity index (χ3v) is 17.5. The molecule has 0 spiro atoms. The van der Waals surface area contributed by atoms with Gasteiger partial charge in [0.1, 0.15) is 30.2 Å². The summed E-state index contributed by atoms with van der Waals surface area (Å²) in [6.45, 7) is 3.56. The van der Waals surface area contributed by atoms with E-state index in [2.05, 4.69) is 54.5 Å². The Morgan fingerprint density at radius 3 is 2.39 bits per heavy atom. The van der Waals surface area contributed by atoms with E-state index in [4.69, 9.17) is 22.3 Å². The van der Waals surface area contributed by atoms with Crippen molar-refractivity contribution in [2.24, 2.45) is 45.9 Å². The highest BCUT2D eigenvalue weighted by molar-refractivity contribution is 8.76. The molecular weight excluding hydrogens is 1110 g/mol. The van der Waals surface area contributed by atoms with E-state index in [1.807, 2.05) is 37.3 Å². The molecule has 11 atom stereocenters. The molecule has 1 aromatic carbocycles. The lowest BCUT2D eigenvalue weighted by Gasteiger charge is -2.30. The number of nitrogens with one attached hydrogen (secondary N) is 6. The Kier molecular flexibility index (Phi) is 27.2. The first-order chi connectivity index (χ1) is 39.6. The Bertz CT molecular complexity index is 2760. The second-order valence-corrected chi connectivity index (χ2v) is 24.0. The summed E-state index contributed by atoms with van der Waals surface area (Å²) in [5.74, 6) is -0.104. The van der Waals surface area contributed by atoms with Gasteiger partial charge in [-0.2, -0.15) is 0 Å². The second-order valence-electron chi connectivity index (χ2n) is 21.3. The van der Waals surface area contributed by atoms with Crippen molar-refractivity contribution < 1.29 is 63.6 Å². The second kappa shape index (κ2) is 33.9. The van der Waals surface area contributed by atoms with Crippen LogP contribution in [-0.4, -0.2) is 163 Å². The van der Waals surface area contributed by atoms with E-state index >= 15 is 0 Å². The summed E-state index contributed by atoms with van der Waals surface area (Å²) < 4.78 is 0.